The third-order valence-electron chi connectivity index (χ3n) is 3.13. The molecular weight excluding hydrogens is 270 g/mol. The molecule has 0 atom stereocenters. The molecule has 0 aliphatic rings. The van der Waals surface area contributed by atoms with Gasteiger partial charge in [0.05, 0.1) is 14.2 Å². The summed E-state index contributed by atoms with van der Waals surface area (Å²) >= 11 is 0. The van der Waals surface area contributed by atoms with Crippen molar-refractivity contribution in [2.75, 3.05) is 14.2 Å². The summed E-state index contributed by atoms with van der Waals surface area (Å²) in [6, 6.07) is 8.93. The highest BCUT2D eigenvalue weighted by atomic mass is 16.5. The normalized spacial score (nSPS) is 10.6. The third kappa shape index (κ3) is 2.31. The van der Waals surface area contributed by atoms with Crippen LogP contribution in [0.25, 0.3) is 17.0 Å². The second-order valence-electron chi connectivity index (χ2n) is 4.39. The molecule has 1 aromatic carbocycles. The van der Waals surface area contributed by atoms with Crippen LogP contribution in [-0.2, 0) is 0 Å². The Morgan fingerprint density at radius 2 is 1.90 bits per heavy atom. The Bertz CT molecular complexity index is 811. The summed E-state index contributed by atoms with van der Waals surface area (Å²) in [6.07, 6.45) is 2.41. The van der Waals surface area contributed by atoms with Crippen LogP contribution in [0.1, 0.15) is 10.4 Å². The predicted molar refractivity (Wildman–Crippen MR) is 76.9 cm³/mol. The first-order valence-corrected chi connectivity index (χ1v) is 6.29. The van der Waals surface area contributed by atoms with Crippen molar-refractivity contribution in [3.8, 4) is 22.9 Å². The lowest BCUT2D eigenvalue weighted by molar-refractivity contribution is 0.112. The topological polar surface area (TPSA) is 65.7 Å². The number of carbonyl (C=O) groups excluding carboxylic acids is 1. The number of benzene rings is 1. The van der Waals surface area contributed by atoms with Crippen LogP contribution < -0.4 is 9.47 Å². The van der Waals surface area contributed by atoms with Crippen molar-refractivity contribution in [3.63, 3.8) is 0 Å². The van der Waals surface area contributed by atoms with E-state index < -0.39 is 0 Å². The zero-order valence-corrected chi connectivity index (χ0v) is 11.6. The van der Waals surface area contributed by atoms with E-state index in [0.29, 0.717) is 28.5 Å². The molecule has 0 saturated heterocycles. The van der Waals surface area contributed by atoms with Gasteiger partial charge in [0.1, 0.15) is 0 Å². The molecule has 3 aromatic rings. The average molecular weight is 283 g/mol. The highest BCUT2D eigenvalue weighted by molar-refractivity contribution is 5.75. The van der Waals surface area contributed by atoms with Crippen molar-refractivity contribution in [1.82, 2.24) is 14.6 Å². The largest absolute Gasteiger partial charge is 0.493 e. The quantitative estimate of drug-likeness (QED) is 0.687. The number of pyridine rings is 1. The second-order valence-corrected chi connectivity index (χ2v) is 4.39. The Kier molecular flexibility index (Phi) is 3.27. The summed E-state index contributed by atoms with van der Waals surface area (Å²) in [5.41, 5.74) is 2.03. The SMILES string of the molecule is COc1ccc(-c2nc3ccc(C=O)cn3n2)cc1OC. The molecule has 0 bridgehead atoms. The monoisotopic (exact) mass is 283 g/mol. The Hall–Kier alpha value is -2.89. The highest BCUT2D eigenvalue weighted by Crippen LogP contribution is 2.31. The summed E-state index contributed by atoms with van der Waals surface area (Å²) < 4.78 is 12.1. The molecule has 0 aliphatic carbocycles. The van der Waals surface area contributed by atoms with E-state index in [4.69, 9.17) is 9.47 Å². The molecule has 0 amide bonds. The Balaban J connectivity index is 2.09. The van der Waals surface area contributed by atoms with Crippen molar-refractivity contribution in [2.24, 2.45) is 0 Å². The summed E-state index contributed by atoms with van der Waals surface area (Å²) in [5, 5.41) is 4.37. The first-order chi connectivity index (χ1) is 10.2. The molecule has 0 saturated carbocycles. The minimum Gasteiger partial charge on any atom is -0.493 e. The first-order valence-electron chi connectivity index (χ1n) is 6.29. The number of carbonyl (C=O) groups is 1. The number of hydrogen-bond acceptors (Lipinski definition) is 5. The molecule has 3 rings (SSSR count). The molecule has 0 fully saturated rings. The zero-order valence-electron chi connectivity index (χ0n) is 11.6. The molecule has 0 aliphatic heterocycles. The van der Waals surface area contributed by atoms with Crippen LogP contribution in [0.4, 0.5) is 0 Å². The average Bonchev–Trinajstić information content (AvgIpc) is 2.96. The molecule has 106 valence electrons. The maximum absolute atomic E-state index is 10.8. The van der Waals surface area contributed by atoms with Gasteiger partial charge in [0.25, 0.3) is 0 Å². The van der Waals surface area contributed by atoms with Crippen LogP contribution in [0.5, 0.6) is 11.5 Å². The lowest BCUT2D eigenvalue weighted by atomic mass is 10.2. The fourth-order valence-electron chi connectivity index (χ4n) is 2.07. The zero-order chi connectivity index (χ0) is 14.8. The van der Waals surface area contributed by atoms with E-state index in [0.717, 1.165) is 11.8 Å². The molecule has 2 heterocycles. The van der Waals surface area contributed by atoms with Gasteiger partial charge in [-0.25, -0.2) is 9.50 Å². The molecule has 0 unspecified atom stereocenters. The van der Waals surface area contributed by atoms with Crippen molar-refractivity contribution in [1.29, 1.82) is 0 Å². The number of ether oxygens (including phenoxy) is 2. The predicted octanol–water partition coefficient (Wildman–Crippen LogP) is 2.23. The lowest BCUT2D eigenvalue weighted by Crippen LogP contribution is -1.92. The number of fused-ring (bicyclic) bond motifs is 1. The minimum absolute atomic E-state index is 0.547. The van der Waals surface area contributed by atoms with Gasteiger partial charge in [0.2, 0.25) is 0 Å². The third-order valence-corrected chi connectivity index (χ3v) is 3.13. The van der Waals surface area contributed by atoms with Crippen molar-refractivity contribution in [2.45, 2.75) is 0 Å². The molecule has 6 nitrogen and oxygen atoms in total. The Morgan fingerprint density at radius 3 is 2.62 bits per heavy atom. The number of nitrogens with zero attached hydrogens (tertiary/aromatic N) is 3. The van der Waals surface area contributed by atoms with Gasteiger partial charge in [-0.1, -0.05) is 0 Å². The molecule has 0 N–H and O–H groups in total. The second kappa shape index (κ2) is 5.24. The van der Waals surface area contributed by atoms with Gasteiger partial charge >= 0.3 is 0 Å². The standard InChI is InChI=1S/C15H13N3O3/c1-20-12-5-4-11(7-13(12)21-2)15-16-14-6-3-10(9-19)8-18(14)17-15/h3-9H,1-2H3. The van der Waals surface area contributed by atoms with Crippen molar-refractivity contribution < 1.29 is 14.3 Å². The van der Waals surface area contributed by atoms with Gasteiger partial charge < -0.3 is 9.47 Å². The fourth-order valence-corrected chi connectivity index (χ4v) is 2.07. The van der Waals surface area contributed by atoms with Gasteiger partial charge in [0, 0.05) is 17.3 Å². The van der Waals surface area contributed by atoms with Crippen LogP contribution >= 0.6 is 0 Å². The van der Waals surface area contributed by atoms with Gasteiger partial charge in [-0.15, -0.1) is 5.10 Å². The first kappa shape index (κ1) is 13.1. The van der Waals surface area contributed by atoms with E-state index in [2.05, 4.69) is 10.1 Å². The summed E-state index contributed by atoms with van der Waals surface area (Å²) in [5.74, 6) is 1.81. The van der Waals surface area contributed by atoms with Gasteiger partial charge in [-0.05, 0) is 30.3 Å². The van der Waals surface area contributed by atoms with E-state index in [1.807, 2.05) is 12.1 Å². The van der Waals surface area contributed by atoms with Crippen LogP contribution in [0, 0.1) is 0 Å². The van der Waals surface area contributed by atoms with E-state index in [-0.39, 0.29) is 0 Å². The maximum atomic E-state index is 10.8. The molecule has 21 heavy (non-hydrogen) atoms. The Morgan fingerprint density at radius 1 is 1.10 bits per heavy atom. The minimum atomic E-state index is 0.547. The van der Waals surface area contributed by atoms with E-state index >= 15 is 0 Å². The Labute approximate surface area is 120 Å². The molecule has 0 spiro atoms. The van der Waals surface area contributed by atoms with Gasteiger partial charge in [-0.3, -0.25) is 4.79 Å². The van der Waals surface area contributed by atoms with Crippen molar-refractivity contribution >= 4 is 11.9 Å². The number of methoxy groups -OCH3 is 2. The van der Waals surface area contributed by atoms with E-state index in [1.165, 1.54) is 0 Å². The smallest absolute Gasteiger partial charge is 0.182 e. The molecule has 6 heteroatoms. The number of rotatable bonds is 4. The van der Waals surface area contributed by atoms with E-state index in [1.54, 1.807) is 43.1 Å². The summed E-state index contributed by atoms with van der Waals surface area (Å²) in [6.45, 7) is 0. The number of hydrogen-bond donors (Lipinski definition) is 0. The molecule has 0 radical (unpaired) electrons. The molecule has 2 aromatic heterocycles. The number of aldehydes is 1. The van der Waals surface area contributed by atoms with Gasteiger partial charge in [-0.2, -0.15) is 0 Å². The van der Waals surface area contributed by atoms with Crippen LogP contribution in [0.3, 0.4) is 0 Å². The van der Waals surface area contributed by atoms with Crippen LogP contribution in [-0.4, -0.2) is 35.1 Å². The number of aromatic nitrogens is 3. The highest BCUT2D eigenvalue weighted by Gasteiger charge is 2.10. The maximum Gasteiger partial charge on any atom is 0.182 e. The van der Waals surface area contributed by atoms with Crippen molar-refractivity contribution in [3.05, 3.63) is 42.1 Å². The summed E-state index contributed by atoms with van der Waals surface area (Å²) in [4.78, 5) is 15.2. The van der Waals surface area contributed by atoms with E-state index in [9.17, 15) is 4.79 Å². The van der Waals surface area contributed by atoms with Gasteiger partial charge in [0.15, 0.2) is 29.3 Å². The van der Waals surface area contributed by atoms with Crippen LogP contribution in [0.15, 0.2) is 36.5 Å². The summed E-state index contributed by atoms with van der Waals surface area (Å²) in [7, 11) is 3.16. The van der Waals surface area contributed by atoms with Crippen LogP contribution in [0.2, 0.25) is 0 Å². The lowest BCUT2D eigenvalue weighted by Gasteiger charge is -2.07. The molecular formula is C15H13N3O3. The fraction of sp³-hybridized carbons (Fsp3) is 0.133.